The summed E-state index contributed by atoms with van der Waals surface area (Å²) in [5.74, 6) is 0.851. The van der Waals surface area contributed by atoms with Gasteiger partial charge in [-0.05, 0) is 56.5 Å². The first-order valence-electron chi connectivity index (χ1n) is 9.91. The van der Waals surface area contributed by atoms with E-state index < -0.39 is 5.60 Å². The number of rotatable bonds is 3. The van der Waals surface area contributed by atoms with Crippen molar-refractivity contribution in [1.82, 2.24) is 14.9 Å². The lowest BCUT2D eigenvalue weighted by atomic mass is 10.0. The summed E-state index contributed by atoms with van der Waals surface area (Å²) in [4.78, 5) is 22.3. The summed E-state index contributed by atoms with van der Waals surface area (Å²) in [6.45, 7) is 6.86. The Morgan fingerprint density at radius 3 is 2.66 bits per heavy atom. The lowest BCUT2D eigenvalue weighted by Gasteiger charge is -2.30. The monoisotopic (exact) mass is 393 g/mol. The van der Waals surface area contributed by atoms with Crippen LogP contribution in [0.4, 0.5) is 4.79 Å². The maximum absolute atomic E-state index is 12.5. The van der Waals surface area contributed by atoms with Crippen molar-refractivity contribution in [1.29, 1.82) is 0 Å². The minimum atomic E-state index is -0.495. The quantitative estimate of drug-likeness (QED) is 0.714. The van der Waals surface area contributed by atoms with Gasteiger partial charge in [-0.2, -0.15) is 0 Å². The molecule has 0 aliphatic carbocycles. The Kier molecular flexibility index (Phi) is 4.94. The van der Waals surface area contributed by atoms with E-state index in [-0.39, 0.29) is 6.09 Å². The molecule has 1 aromatic carbocycles. The molecule has 0 radical (unpaired) electrons. The fraction of sp³-hybridized carbons (Fsp3) is 0.391. The molecule has 2 aromatic heterocycles. The molecule has 6 nitrogen and oxygen atoms in total. The second kappa shape index (κ2) is 7.43. The van der Waals surface area contributed by atoms with Crippen LogP contribution < -0.4 is 4.74 Å². The van der Waals surface area contributed by atoms with Crippen LogP contribution in [0, 0.1) is 0 Å². The summed E-state index contributed by atoms with van der Waals surface area (Å²) in [6.07, 6.45) is 3.22. The Hall–Kier alpha value is -3.02. The number of benzene rings is 1. The first-order valence-corrected chi connectivity index (χ1v) is 9.91. The van der Waals surface area contributed by atoms with Gasteiger partial charge in [0.1, 0.15) is 17.0 Å². The fourth-order valence-electron chi connectivity index (χ4n) is 3.69. The molecular formula is C23H27N3O3. The molecule has 152 valence electrons. The van der Waals surface area contributed by atoms with Gasteiger partial charge in [0.15, 0.2) is 0 Å². The average Bonchev–Trinajstić information content (AvgIpc) is 3.04. The molecular weight excluding hydrogens is 366 g/mol. The zero-order chi connectivity index (χ0) is 20.6. The third-order valence-corrected chi connectivity index (χ3v) is 5.10. The van der Waals surface area contributed by atoms with Crippen LogP contribution >= 0.6 is 0 Å². The highest BCUT2D eigenvalue weighted by atomic mass is 16.6. The lowest BCUT2D eigenvalue weighted by Crippen LogP contribution is -2.39. The van der Waals surface area contributed by atoms with Gasteiger partial charge in [0.05, 0.1) is 13.7 Å². The highest BCUT2D eigenvalue weighted by molar-refractivity contribution is 5.83. The molecule has 1 amide bonds. The number of hydrogen-bond donors (Lipinski definition) is 1. The van der Waals surface area contributed by atoms with E-state index in [1.807, 2.05) is 39.1 Å². The Bertz CT molecular complexity index is 1030. The topological polar surface area (TPSA) is 67.5 Å². The van der Waals surface area contributed by atoms with Crippen molar-refractivity contribution in [3.05, 3.63) is 58.9 Å². The van der Waals surface area contributed by atoms with Crippen LogP contribution in [0.2, 0.25) is 0 Å². The molecule has 0 bridgehead atoms. The third kappa shape index (κ3) is 4.21. The van der Waals surface area contributed by atoms with E-state index in [0.29, 0.717) is 13.1 Å². The summed E-state index contributed by atoms with van der Waals surface area (Å²) >= 11 is 0. The number of fused-ring (bicyclic) bond motifs is 3. The molecule has 1 aliphatic heterocycles. The molecule has 0 saturated carbocycles. The van der Waals surface area contributed by atoms with Gasteiger partial charge in [0, 0.05) is 35.8 Å². The number of hydrogen-bond acceptors (Lipinski definition) is 4. The highest BCUT2D eigenvalue weighted by Crippen LogP contribution is 2.29. The van der Waals surface area contributed by atoms with Crippen LogP contribution in [0.25, 0.3) is 11.0 Å². The van der Waals surface area contributed by atoms with Crippen LogP contribution in [0.3, 0.4) is 0 Å². The number of aromatic nitrogens is 2. The van der Waals surface area contributed by atoms with Crippen molar-refractivity contribution in [2.45, 2.75) is 45.8 Å². The SMILES string of the molecule is COc1ccc(Cc2cnc3[nH]c4c(c3c2)CN(C(=O)OC(C)(C)C)CC4)cc1. The van der Waals surface area contributed by atoms with Gasteiger partial charge in [0.2, 0.25) is 0 Å². The van der Waals surface area contributed by atoms with Gasteiger partial charge in [-0.1, -0.05) is 12.1 Å². The normalized spacial score (nSPS) is 14.0. The molecule has 0 atom stereocenters. The largest absolute Gasteiger partial charge is 0.497 e. The van der Waals surface area contributed by atoms with Crippen molar-refractivity contribution in [3.8, 4) is 5.75 Å². The number of pyridine rings is 1. The minimum Gasteiger partial charge on any atom is -0.497 e. The Morgan fingerprint density at radius 2 is 1.97 bits per heavy atom. The van der Waals surface area contributed by atoms with Crippen molar-refractivity contribution >= 4 is 17.1 Å². The Balaban J connectivity index is 1.58. The van der Waals surface area contributed by atoms with Crippen LogP contribution in [-0.4, -0.2) is 40.2 Å². The first kappa shape index (κ1) is 19.3. The standard InChI is InChI=1S/C23H27N3O3/c1-23(2,3)29-22(27)26-10-9-20-19(14-26)18-12-16(13-24-21(18)25-20)11-15-5-7-17(28-4)8-6-15/h5-8,12-13H,9-11,14H2,1-4H3,(H,24,25). The van der Waals surface area contributed by atoms with Crippen molar-refractivity contribution in [2.24, 2.45) is 0 Å². The van der Waals surface area contributed by atoms with Gasteiger partial charge in [0.25, 0.3) is 0 Å². The van der Waals surface area contributed by atoms with E-state index in [4.69, 9.17) is 9.47 Å². The number of ether oxygens (including phenoxy) is 2. The molecule has 1 N–H and O–H groups in total. The van der Waals surface area contributed by atoms with Gasteiger partial charge in [-0.25, -0.2) is 9.78 Å². The molecule has 0 fully saturated rings. The van der Waals surface area contributed by atoms with Gasteiger partial charge in [-0.3, -0.25) is 0 Å². The van der Waals surface area contributed by atoms with Gasteiger partial charge < -0.3 is 19.4 Å². The van der Waals surface area contributed by atoms with Crippen molar-refractivity contribution < 1.29 is 14.3 Å². The predicted octanol–water partition coefficient (Wildman–Crippen LogP) is 4.46. The Morgan fingerprint density at radius 1 is 1.21 bits per heavy atom. The Labute approximate surface area is 170 Å². The molecule has 0 spiro atoms. The van der Waals surface area contributed by atoms with E-state index in [1.165, 1.54) is 5.56 Å². The first-order chi connectivity index (χ1) is 13.8. The zero-order valence-electron chi connectivity index (χ0n) is 17.4. The second-order valence-electron chi connectivity index (χ2n) is 8.50. The molecule has 4 rings (SSSR count). The summed E-state index contributed by atoms with van der Waals surface area (Å²) in [7, 11) is 1.67. The summed E-state index contributed by atoms with van der Waals surface area (Å²) in [5, 5.41) is 1.08. The van der Waals surface area contributed by atoms with Crippen LogP contribution in [0.5, 0.6) is 5.75 Å². The van der Waals surface area contributed by atoms with Crippen molar-refractivity contribution in [2.75, 3.05) is 13.7 Å². The summed E-state index contributed by atoms with van der Waals surface area (Å²) < 4.78 is 10.8. The number of carbonyl (C=O) groups excluding carboxylic acids is 1. The fourth-order valence-corrected chi connectivity index (χ4v) is 3.69. The molecule has 3 heterocycles. The number of nitrogens with one attached hydrogen (secondary N) is 1. The van der Waals surface area contributed by atoms with Crippen LogP contribution in [-0.2, 0) is 24.1 Å². The van der Waals surface area contributed by atoms with Crippen LogP contribution in [0.15, 0.2) is 36.5 Å². The minimum absolute atomic E-state index is 0.264. The maximum Gasteiger partial charge on any atom is 0.410 e. The smallest absolute Gasteiger partial charge is 0.410 e. The maximum atomic E-state index is 12.5. The van der Waals surface area contributed by atoms with Gasteiger partial charge in [-0.15, -0.1) is 0 Å². The van der Waals surface area contributed by atoms with Crippen molar-refractivity contribution in [3.63, 3.8) is 0 Å². The number of aromatic amines is 1. The molecule has 3 aromatic rings. The molecule has 0 saturated heterocycles. The lowest BCUT2D eigenvalue weighted by molar-refractivity contribution is 0.0224. The predicted molar refractivity (Wildman–Crippen MR) is 112 cm³/mol. The molecule has 1 aliphatic rings. The van der Waals surface area contributed by atoms with E-state index in [2.05, 4.69) is 28.2 Å². The molecule has 6 heteroatoms. The number of H-pyrrole nitrogens is 1. The second-order valence-corrected chi connectivity index (χ2v) is 8.50. The van der Waals surface area contributed by atoms with E-state index in [9.17, 15) is 4.79 Å². The van der Waals surface area contributed by atoms with Gasteiger partial charge >= 0.3 is 6.09 Å². The number of amides is 1. The summed E-state index contributed by atoms with van der Waals surface area (Å²) in [5.41, 5.74) is 5.02. The summed E-state index contributed by atoms with van der Waals surface area (Å²) in [6, 6.07) is 10.3. The number of nitrogens with zero attached hydrogens (tertiary/aromatic N) is 2. The molecule has 29 heavy (non-hydrogen) atoms. The van der Waals surface area contributed by atoms with E-state index in [0.717, 1.165) is 46.4 Å². The average molecular weight is 393 g/mol. The zero-order valence-corrected chi connectivity index (χ0v) is 17.4. The number of carbonyl (C=O) groups is 1. The van der Waals surface area contributed by atoms with E-state index in [1.54, 1.807) is 12.0 Å². The highest BCUT2D eigenvalue weighted by Gasteiger charge is 2.28. The van der Waals surface area contributed by atoms with Crippen LogP contribution in [0.1, 0.15) is 43.2 Å². The number of methoxy groups -OCH3 is 1. The molecule has 0 unspecified atom stereocenters. The van der Waals surface area contributed by atoms with E-state index >= 15 is 0 Å². The third-order valence-electron chi connectivity index (χ3n) is 5.10.